The first-order valence-electron chi connectivity index (χ1n) is 2.39. The molecule has 0 rings (SSSR count). The zero-order valence-electron chi connectivity index (χ0n) is 5.07. The van der Waals surface area contributed by atoms with Crippen LogP contribution in [-0.4, -0.2) is 17.9 Å². The van der Waals surface area contributed by atoms with Gasteiger partial charge in [-0.1, -0.05) is 6.92 Å². The fraction of sp³-hybridized carbons (Fsp3) is 0.750. The number of hydrogen-bond acceptors (Lipinski definition) is 3. The molecule has 0 aliphatic heterocycles. The molecule has 0 aromatic heterocycles. The number of alkyl halides is 3. The van der Waals surface area contributed by atoms with Crippen LogP contribution in [0.1, 0.15) is 6.92 Å². The molecule has 0 aliphatic rings. The van der Waals surface area contributed by atoms with E-state index in [0.29, 0.717) is 17.8 Å². The molecule has 2 nitrogen and oxygen atoms in total. The van der Waals surface area contributed by atoms with Crippen molar-refractivity contribution in [2.24, 2.45) is 0 Å². The van der Waals surface area contributed by atoms with E-state index in [9.17, 15) is 18.0 Å². The molecule has 0 N–H and O–H groups in total. The Hall–Kier alpha value is -0.390. The molecule has 0 atom stereocenters. The largest absolute Gasteiger partial charge is 0.492 e. The van der Waals surface area contributed by atoms with Gasteiger partial charge < -0.3 is 4.18 Å². The standard InChI is InChI=1S/C4H5F3O2S/c1-2-10-9-3(8)4(5,6)7/h2H2,1H3. The third kappa shape index (κ3) is 3.60. The second-order valence-electron chi connectivity index (χ2n) is 1.28. The number of carbonyl (C=O) groups excluding carboxylic acids is 1. The number of carbonyl (C=O) groups is 1. The van der Waals surface area contributed by atoms with E-state index in [1.165, 1.54) is 0 Å². The van der Waals surface area contributed by atoms with Crippen molar-refractivity contribution in [3.8, 4) is 0 Å². The van der Waals surface area contributed by atoms with Gasteiger partial charge in [0.25, 0.3) is 0 Å². The van der Waals surface area contributed by atoms with Gasteiger partial charge in [-0.05, 0) is 0 Å². The van der Waals surface area contributed by atoms with Gasteiger partial charge in [-0.25, -0.2) is 4.79 Å². The molecule has 0 spiro atoms. The number of rotatable bonds is 2. The molecule has 0 saturated carbocycles. The lowest BCUT2D eigenvalue weighted by Gasteiger charge is -2.02. The second-order valence-corrected chi connectivity index (χ2v) is 2.25. The van der Waals surface area contributed by atoms with Crippen molar-refractivity contribution in [2.75, 3.05) is 5.75 Å². The lowest BCUT2D eigenvalue weighted by atomic mass is 10.7. The number of hydrogen-bond donors (Lipinski definition) is 0. The van der Waals surface area contributed by atoms with Gasteiger partial charge in [0.15, 0.2) is 0 Å². The highest BCUT2D eigenvalue weighted by Crippen LogP contribution is 2.19. The summed E-state index contributed by atoms with van der Waals surface area (Å²) in [7, 11) is 0. The fourth-order valence-corrected chi connectivity index (χ4v) is 0.479. The summed E-state index contributed by atoms with van der Waals surface area (Å²) in [6.07, 6.45) is -4.87. The lowest BCUT2D eigenvalue weighted by molar-refractivity contribution is -0.188. The molecular formula is C4H5F3O2S. The van der Waals surface area contributed by atoms with Crippen molar-refractivity contribution in [1.29, 1.82) is 0 Å². The van der Waals surface area contributed by atoms with Gasteiger partial charge in [-0.2, -0.15) is 13.2 Å². The van der Waals surface area contributed by atoms with E-state index in [1.54, 1.807) is 6.92 Å². The van der Waals surface area contributed by atoms with Crippen LogP contribution in [0.25, 0.3) is 0 Å². The van der Waals surface area contributed by atoms with E-state index in [0.717, 1.165) is 0 Å². The second kappa shape index (κ2) is 3.70. The quantitative estimate of drug-likeness (QED) is 0.596. The van der Waals surface area contributed by atoms with Crippen LogP contribution in [0.4, 0.5) is 13.2 Å². The smallest absolute Gasteiger partial charge is 0.385 e. The van der Waals surface area contributed by atoms with Crippen molar-refractivity contribution in [3.05, 3.63) is 0 Å². The molecule has 0 amide bonds. The molecule has 0 saturated heterocycles. The van der Waals surface area contributed by atoms with E-state index in [-0.39, 0.29) is 0 Å². The first-order valence-corrected chi connectivity index (χ1v) is 3.30. The maximum Gasteiger partial charge on any atom is 0.492 e. The maximum atomic E-state index is 11.3. The van der Waals surface area contributed by atoms with Crippen molar-refractivity contribution >= 4 is 18.0 Å². The summed E-state index contributed by atoms with van der Waals surface area (Å²) >= 11 is 0.474. The summed E-state index contributed by atoms with van der Waals surface area (Å²) in [5, 5.41) is 0. The summed E-state index contributed by atoms with van der Waals surface area (Å²) in [5.41, 5.74) is 0. The summed E-state index contributed by atoms with van der Waals surface area (Å²) in [5.74, 6) is -1.85. The monoisotopic (exact) mass is 174 g/mol. The molecular weight excluding hydrogens is 169 g/mol. The van der Waals surface area contributed by atoms with Crippen LogP contribution in [0.3, 0.4) is 0 Å². The summed E-state index contributed by atoms with van der Waals surface area (Å²) < 4.78 is 37.6. The van der Waals surface area contributed by atoms with Crippen LogP contribution >= 0.6 is 12.0 Å². The van der Waals surface area contributed by atoms with Crippen molar-refractivity contribution < 1.29 is 22.1 Å². The first kappa shape index (κ1) is 9.61. The van der Waals surface area contributed by atoms with Crippen LogP contribution in [0.2, 0.25) is 0 Å². The number of halogens is 3. The van der Waals surface area contributed by atoms with Gasteiger partial charge in [0, 0.05) is 5.75 Å². The molecule has 6 heteroatoms. The molecule has 0 aliphatic carbocycles. The van der Waals surface area contributed by atoms with Crippen LogP contribution in [0.5, 0.6) is 0 Å². The Kier molecular flexibility index (Phi) is 3.55. The Bertz CT molecular complexity index is 122. The first-order chi connectivity index (χ1) is 4.48. The minimum absolute atomic E-state index is 0.307. The third-order valence-corrected chi connectivity index (χ3v) is 0.989. The summed E-state index contributed by atoms with van der Waals surface area (Å²) in [4.78, 5) is 9.86. The van der Waals surface area contributed by atoms with Gasteiger partial charge in [0.1, 0.15) is 0 Å². The van der Waals surface area contributed by atoms with Crippen LogP contribution in [0.15, 0.2) is 0 Å². The predicted octanol–water partition coefficient (Wildman–Crippen LogP) is 1.76. The molecule has 10 heavy (non-hydrogen) atoms. The Labute approximate surface area is 59.9 Å². The average molecular weight is 174 g/mol. The molecule has 0 aromatic rings. The van der Waals surface area contributed by atoms with Crippen molar-refractivity contribution in [3.63, 3.8) is 0 Å². The van der Waals surface area contributed by atoms with E-state index >= 15 is 0 Å². The van der Waals surface area contributed by atoms with Crippen molar-refractivity contribution in [2.45, 2.75) is 13.1 Å². The average Bonchev–Trinajstić information content (AvgIpc) is 1.80. The highest BCUT2D eigenvalue weighted by Gasteiger charge is 2.41. The Morgan fingerprint density at radius 2 is 2.10 bits per heavy atom. The van der Waals surface area contributed by atoms with Gasteiger partial charge >= 0.3 is 12.1 Å². The maximum absolute atomic E-state index is 11.3. The molecule has 0 radical (unpaired) electrons. The highest BCUT2D eigenvalue weighted by atomic mass is 32.2. The third-order valence-electron chi connectivity index (χ3n) is 0.484. The molecule has 0 unspecified atom stereocenters. The van der Waals surface area contributed by atoms with E-state index in [2.05, 4.69) is 4.18 Å². The van der Waals surface area contributed by atoms with Gasteiger partial charge in [-0.3, -0.25) is 0 Å². The Balaban J connectivity index is 3.64. The van der Waals surface area contributed by atoms with Gasteiger partial charge in [0.2, 0.25) is 0 Å². The van der Waals surface area contributed by atoms with E-state index in [4.69, 9.17) is 0 Å². The van der Waals surface area contributed by atoms with E-state index in [1.807, 2.05) is 0 Å². The van der Waals surface area contributed by atoms with Crippen LogP contribution in [0, 0.1) is 0 Å². The van der Waals surface area contributed by atoms with Crippen LogP contribution < -0.4 is 0 Å². The zero-order valence-corrected chi connectivity index (χ0v) is 5.88. The zero-order chi connectivity index (χ0) is 8.20. The Morgan fingerprint density at radius 1 is 1.60 bits per heavy atom. The predicted molar refractivity (Wildman–Crippen MR) is 30.3 cm³/mol. The van der Waals surface area contributed by atoms with Crippen molar-refractivity contribution in [1.82, 2.24) is 0 Å². The summed E-state index contributed by atoms with van der Waals surface area (Å²) in [6, 6.07) is 0. The minimum atomic E-state index is -4.87. The molecule has 0 heterocycles. The van der Waals surface area contributed by atoms with Crippen LogP contribution in [-0.2, 0) is 8.98 Å². The topological polar surface area (TPSA) is 26.3 Å². The molecule has 60 valence electrons. The fourth-order valence-electron chi connectivity index (χ4n) is 0.160. The lowest BCUT2D eigenvalue weighted by Crippen LogP contribution is -2.23. The van der Waals surface area contributed by atoms with Gasteiger partial charge in [-0.15, -0.1) is 0 Å². The normalized spacial score (nSPS) is 11.2. The van der Waals surface area contributed by atoms with E-state index < -0.39 is 12.1 Å². The SMILES string of the molecule is CCSOC(=O)C(F)(F)F. The minimum Gasteiger partial charge on any atom is -0.385 e. The summed E-state index contributed by atoms with van der Waals surface area (Å²) in [6.45, 7) is 1.58. The van der Waals surface area contributed by atoms with Gasteiger partial charge in [0.05, 0.1) is 12.0 Å². The Morgan fingerprint density at radius 3 is 2.40 bits per heavy atom. The molecule has 0 bridgehead atoms. The molecule has 0 fully saturated rings. The highest BCUT2D eigenvalue weighted by molar-refractivity contribution is 7.95. The molecule has 0 aromatic carbocycles.